The van der Waals surface area contributed by atoms with Crippen molar-refractivity contribution in [2.75, 3.05) is 0 Å². The normalized spacial score (nSPS) is 11.8. The second-order valence-electron chi connectivity index (χ2n) is 4.70. The van der Waals surface area contributed by atoms with Gasteiger partial charge in [-0.3, -0.25) is 0 Å². The van der Waals surface area contributed by atoms with Crippen molar-refractivity contribution < 1.29 is 8.42 Å². The van der Waals surface area contributed by atoms with Crippen molar-refractivity contribution in [2.24, 2.45) is 0 Å². The zero-order valence-electron chi connectivity index (χ0n) is 11.6. The summed E-state index contributed by atoms with van der Waals surface area (Å²) in [6.45, 7) is 0. The number of rotatable bonds is 4. The fourth-order valence-corrected chi connectivity index (χ4v) is 8.08. The summed E-state index contributed by atoms with van der Waals surface area (Å²) in [4.78, 5) is 4.19. The van der Waals surface area contributed by atoms with E-state index in [4.69, 9.17) is 0 Å². The Kier molecular flexibility index (Phi) is 3.98. The molecule has 0 amide bonds. The molecule has 0 N–H and O–H groups in total. The first-order chi connectivity index (χ1) is 11.1. The number of hydrogen-bond donors (Lipinski definition) is 0. The van der Waals surface area contributed by atoms with Gasteiger partial charge in [0.05, 0.1) is 0 Å². The molecule has 0 saturated heterocycles. The van der Waals surface area contributed by atoms with Crippen molar-refractivity contribution in [2.45, 2.75) is 8.42 Å². The maximum Gasteiger partial charge on any atom is 0.225 e. The van der Waals surface area contributed by atoms with E-state index in [0.29, 0.717) is 8.42 Å². The number of sulfone groups is 1. The molecule has 0 spiro atoms. The Balaban J connectivity index is 1.71. The number of hydrogen-bond acceptors (Lipinski definition) is 6. The third-order valence-electron chi connectivity index (χ3n) is 3.22. The average Bonchev–Trinajstić information content (AvgIpc) is 3.36. The molecular weight excluding hydrogens is 385 g/mol. The molecule has 0 aliphatic rings. The van der Waals surface area contributed by atoms with Gasteiger partial charge in [-0.15, -0.1) is 45.3 Å². The highest BCUT2D eigenvalue weighted by Crippen LogP contribution is 2.39. The molecule has 0 aromatic carbocycles. The van der Waals surface area contributed by atoms with Crippen molar-refractivity contribution in [1.29, 1.82) is 0 Å². The van der Waals surface area contributed by atoms with E-state index in [1.807, 2.05) is 47.2 Å². The van der Waals surface area contributed by atoms with Crippen LogP contribution in [0.5, 0.6) is 0 Å². The van der Waals surface area contributed by atoms with Crippen LogP contribution in [0.25, 0.3) is 19.5 Å². The number of thiophene rings is 4. The molecule has 4 aromatic rings. The Morgan fingerprint density at radius 3 is 1.48 bits per heavy atom. The summed E-state index contributed by atoms with van der Waals surface area (Å²) in [5.74, 6) is 0. The predicted octanol–water partition coefficient (Wildman–Crippen LogP) is 6.10. The smallest absolute Gasteiger partial charge is 0.217 e. The van der Waals surface area contributed by atoms with Crippen LogP contribution >= 0.6 is 45.3 Å². The van der Waals surface area contributed by atoms with Gasteiger partial charge in [0.2, 0.25) is 9.84 Å². The highest BCUT2D eigenvalue weighted by molar-refractivity contribution is 7.95. The topological polar surface area (TPSA) is 34.1 Å². The molecule has 0 fully saturated rings. The van der Waals surface area contributed by atoms with E-state index in [9.17, 15) is 8.42 Å². The van der Waals surface area contributed by atoms with Gasteiger partial charge in [-0.1, -0.05) is 12.1 Å². The lowest BCUT2D eigenvalue weighted by molar-refractivity contribution is 0.600. The zero-order chi connectivity index (χ0) is 15.9. The molecule has 4 rings (SSSR count). The molecule has 23 heavy (non-hydrogen) atoms. The first-order valence-corrected chi connectivity index (χ1v) is 11.5. The Hall–Kier alpha value is -1.25. The Bertz CT molecular complexity index is 940. The minimum atomic E-state index is -3.43. The maximum absolute atomic E-state index is 12.8. The van der Waals surface area contributed by atoms with Crippen molar-refractivity contribution >= 4 is 55.2 Å². The van der Waals surface area contributed by atoms with E-state index in [1.54, 1.807) is 34.8 Å². The maximum atomic E-state index is 12.8. The fraction of sp³-hybridized carbons (Fsp3) is 0. The monoisotopic (exact) mass is 394 g/mol. The molecule has 4 aromatic heterocycles. The molecular formula is C16H10O2S5. The molecule has 0 saturated carbocycles. The largest absolute Gasteiger partial charge is 0.225 e. The van der Waals surface area contributed by atoms with Crippen LogP contribution in [0.2, 0.25) is 0 Å². The molecule has 0 bridgehead atoms. The molecule has 0 radical (unpaired) electrons. The summed E-state index contributed by atoms with van der Waals surface area (Å²) < 4.78 is 26.5. The second kappa shape index (κ2) is 5.99. The van der Waals surface area contributed by atoms with Gasteiger partial charge in [0.25, 0.3) is 0 Å². The third-order valence-corrected chi connectivity index (χ3v) is 10.3. The molecule has 0 aliphatic heterocycles. The van der Waals surface area contributed by atoms with Gasteiger partial charge < -0.3 is 0 Å². The SMILES string of the molecule is O=S(=O)(c1ccc(-c2cccs2)s1)c1ccc(-c2cccs2)s1. The fourth-order valence-electron chi connectivity index (χ4n) is 2.13. The summed E-state index contributed by atoms with van der Waals surface area (Å²) in [6, 6.07) is 15.1. The summed E-state index contributed by atoms with van der Waals surface area (Å²) in [5, 5.41) is 3.99. The second-order valence-corrected chi connectivity index (χ2v) is 11.2. The first-order valence-electron chi connectivity index (χ1n) is 6.67. The zero-order valence-corrected chi connectivity index (χ0v) is 15.7. The first kappa shape index (κ1) is 15.3. The van der Waals surface area contributed by atoms with Crippen LogP contribution in [-0.4, -0.2) is 8.42 Å². The van der Waals surface area contributed by atoms with Crippen molar-refractivity contribution in [3.8, 4) is 19.5 Å². The van der Waals surface area contributed by atoms with Gasteiger partial charge >= 0.3 is 0 Å². The highest BCUT2D eigenvalue weighted by atomic mass is 32.3. The van der Waals surface area contributed by atoms with E-state index in [1.165, 1.54) is 22.7 Å². The molecule has 2 nitrogen and oxygen atoms in total. The molecule has 0 aliphatic carbocycles. The van der Waals surface area contributed by atoms with Crippen LogP contribution in [0.3, 0.4) is 0 Å². The van der Waals surface area contributed by atoms with Crippen LogP contribution in [0.15, 0.2) is 67.7 Å². The van der Waals surface area contributed by atoms with Crippen LogP contribution in [0.1, 0.15) is 0 Å². The summed E-state index contributed by atoms with van der Waals surface area (Å²) in [6.07, 6.45) is 0. The summed E-state index contributed by atoms with van der Waals surface area (Å²) in [7, 11) is -3.43. The minimum Gasteiger partial charge on any atom is -0.217 e. The van der Waals surface area contributed by atoms with Gasteiger partial charge in [-0.05, 0) is 47.2 Å². The molecule has 7 heteroatoms. The van der Waals surface area contributed by atoms with Crippen LogP contribution in [0.4, 0.5) is 0 Å². The summed E-state index contributed by atoms with van der Waals surface area (Å²) >= 11 is 5.90. The Morgan fingerprint density at radius 2 is 1.09 bits per heavy atom. The van der Waals surface area contributed by atoms with Crippen molar-refractivity contribution in [1.82, 2.24) is 0 Å². The van der Waals surface area contributed by atoms with E-state index in [-0.39, 0.29) is 0 Å². The van der Waals surface area contributed by atoms with Crippen LogP contribution in [-0.2, 0) is 9.84 Å². The van der Waals surface area contributed by atoms with E-state index >= 15 is 0 Å². The van der Waals surface area contributed by atoms with E-state index in [2.05, 4.69) is 0 Å². The van der Waals surface area contributed by atoms with Crippen LogP contribution in [0, 0.1) is 0 Å². The van der Waals surface area contributed by atoms with Crippen molar-refractivity contribution in [3.63, 3.8) is 0 Å². The third kappa shape index (κ3) is 2.83. The lowest BCUT2D eigenvalue weighted by atomic mass is 10.4. The highest BCUT2D eigenvalue weighted by Gasteiger charge is 2.23. The van der Waals surface area contributed by atoms with Gasteiger partial charge in [0.15, 0.2) is 0 Å². The molecule has 0 atom stereocenters. The van der Waals surface area contributed by atoms with Crippen molar-refractivity contribution in [3.05, 3.63) is 59.3 Å². The summed E-state index contributed by atoms with van der Waals surface area (Å²) in [5.41, 5.74) is 0. The van der Waals surface area contributed by atoms with Crippen LogP contribution < -0.4 is 0 Å². The predicted molar refractivity (Wildman–Crippen MR) is 101 cm³/mol. The lowest BCUT2D eigenvalue weighted by Crippen LogP contribution is -1.95. The Labute approximate surface area is 150 Å². The quantitative estimate of drug-likeness (QED) is 0.419. The average molecular weight is 395 g/mol. The molecule has 116 valence electrons. The lowest BCUT2D eigenvalue weighted by Gasteiger charge is -1.97. The van der Waals surface area contributed by atoms with Gasteiger partial charge in [0, 0.05) is 19.5 Å². The van der Waals surface area contributed by atoms with Gasteiger partial charge in [-0.2, -0.15) is 0 Å². The Morgan fingerprint density at radius 1 is 0.609 bits per heavy atom. The molecule has 4 heterocycles. The van der Waals surface area contributed by atoms with E-state index < -0.39 is 9.84 Å². The van der Waals surface area contributed by atoms with Gasteiger partial charge in [0.1, 0.15) is 8.42 Å². The van der Waals surface area contributed by atoms with Gasteiger partial charge in [-0.25, -0.2) is 8.42 Å². The molecule has 0 unspecified atom stereocenters. The van der Waals surface area contributed by atoms with E-state index in [0.717, 1.165) is 19.5 Å². The standard InChI is InChI=1S/C16H10O2S5/c17-23(18,15-7-5-13(21-15)11-3-1-9-19-11)16-8-6-14(22-16)12-4-2-10-20-12/h1-10H. The minimum absolute atomic E-state index is 0.403.